The van der Waals surface area contributed by atoms with Crippen molar-refractivity contribution in [3.05, 3.63) is 35.9 Å². The molecule has 2 unspecified atom stereocenters. The molecule has 110 valence electrons. The van der Waals surface area contributed by atoms with Crippen LogP contribution in [0.2, 0.25) is 0 Å². The summed E-state index contributed by atoms with van der Waals surface area (Å²) in [7, 11) is 0. The van der Waals surface area contributed by atoms with Gasteiger partial charge in [0.05, 0.1) is 0 Å². The van der Waals surface area contributed by atoms with E-state index in [0.29, 0.717) is 12.5 Å². The number of piperidine rings is 1. The molecule has 1 fully saturated rings. The van der Waals surface area contributed by atoms with Crippen molar-refractivity contribution in [1.29, 1.82) is 0 Å². The number of ether oxygens (including phenoxy) is 1. The number of nitrogens with zero attached hydrogens (tertiary/aromatic N) is 1. The summed E-state index contributed by atoms with van der Waals surface area (Å²) in [4.78, 5) is 13.6. The van der Waals surface area contributed by atoms with Gasteiger partial charge in [-0.25, -0.2) is 0 Å². The van der Waals surface area contributed by atoms with Crippen molar-refractivity contribution in [1.82, 2.24) is 4.90 Å². The highest BCUT2D eigenvalue weighted by atomic mass is 16.5. The third-order valence-electron chi connectivity index (χ3n) is 4.68. The molecule has 0 aliphatic carbocycles. The Hall–Kier alpha value is -1.35. The molecule has 0 saturated carbocycles. The molecule has 2 rings (SSSR count). The summed E-state index contributed by atoms with van der Waals surface area (Å²) < 4.78 is 5.70. The lowest BCUT2D eigenvalue weighted by atomic mass is 9.70. The van der Waals surface area contributed by atoms with Crippen LogP contribution in [-0.2, 0) is 15.1 Å². The van der Waals surface area contributed by atoms with E-state index in [-0.39, 0.29) is 11.8 Å². The van der Waals surface area contributed by atoms with Crippen molar-refractivity contribution < 1.29 is 9.53 Å². The number of carbonyl (C=O) groups is 1. The van der Waals surface area contributed by atoms with E-state index < -0.39 is 5.60 Å². The maximum absolute atomic E-state index is 11.1. The van der Waals surface area contributed by atoms with Gasteiger partial charge in [0.25, 0.3) is 6.47 Å². The van der Waals surface area contributed by atoms with Gasteiger partial charge < -0.3 is 9.64 Å². The number of likely N-dealkylation sites (tertiary alicyclic amines) is 1. The van der Waals surface area contributed by atoms with E-state index in [2.05, 4.69) is 44.7 Å². The second kappa shape index (κ2) is 5.96. The summed E-state index contributed by atoms with van der Waals surface area (Å²) in [6.07, 6.45) is 0. The van der Waals surface area contributed by atoms with Crippen LogP contribution in [0.15, 0.2) is 30.3 Å². The normalized spacial score (nSPS) is 31.2. The molecule has 20 heavy (non-hydrogen) atoms. The molecule has 3 nitrogen and oxygen atoms in total. The number of benzene rings is 1. The highest BCUT2D eigenvalue weighted by Gasteiger charge is 2.49. The zero-order valence-corrected chi connectivity index (χ0v) is 12.9. The van der Waals surface area contributed by atoms with E-state index in [4.69, 9.17) is 4.74 Å². The second-order valence-electron chi connectivity index (χ2n) is 6.22. The lowest BCUT2D eigenvalue weighted by molar-refractivity contribution is -0.173. The molecule has 0 amide bonds. The molecule has 1 saturated heterocycles. The van der Waals surface area contributed by atoms with Crippen LogP contribution >= 0.6 is 0 Å². The zero-order valence-electron chi connectivity index (χ0n) is 12.9. The van der Waals surface area contributed by atoms with Gasteiger partial charge in [0, 0.05) is 31.0 Å². The maximum atomic E-state index is 11.1. The Bertz CT molecular complexity index is 432. The fraction of sp³-hybridized carbons (Fsp3) is 0.588. The van der Waals surface area contributed by atoms with Crippen molar-refractivity contribution in [2.75, 3.05) is 13.1 Å². The minimum Gasteiger partial charge on any atom is -0.456 e. The molecular weight excluding hydrogens is 250 g/mol. The predicted octanol–water partition coefficient (Wildman–Crippen LogP) is 3.05. The molecule has 1 aliphatic heterocycles. The monoisotopic (exact) mass is 275 g/mol. The van der Waals surface area contributed by atoms with Crippen molar-refractivity contribution in [3.63, 3.8) is 0 Å². The molecule has 1 heterocycles. The van der Waals surface area contributed by atoms with Crippen LogP contribution in [0.5, 0.6) is 0 Å². The number of carbonyl (C=O) groups excluding carboxylic acids is 1. The highest BCUT2D eigenvalue weighted by Crippen LogP contribution is 2.44. The summed E-state index contributed by atoms with van der Waals surface area (Å²) in [6, 6.07) is 10.7. The van der Waals surface area contributed by atoms with E-state index in [1.165, 1.54) is 0 Å². The Labute approximate surface area is 121 Å². The summed E-state index contributed by atoms with van der Waals surface area (Å²) in [5, 5.41) is 0. The van der Waals surface area contributed by atoms with Gasteiger partial charge in [0.1, 0.15) is 5.60 Å². The van der Waals surface area contributed by atoms with Crippen molar-refractivity contribution >= 4 is 6.47 Å². The van der Waals surface area contributed by atoms with Gasteiger partial charge in [-0.3, -0.25) is 4.79 Å². The first kappa shape index (κ1) is 15.0. The third-order valence-corrected chi connectivity index (χ3v) is 4.68. The van der Waals surface area contributed by atoms with Gasteiger partial charge in [0.2, 0.25) is 0 Å². The zero-order chi connectivity index (χ0) is 14.8. The second-order valence-corrected chi connectivity index (χ2v) is 6.22. The average Bonchev–Trinajstić information content (AvgIpc) is 2.43. The van der Waals surface area contributed by atoms with Crippen molar-refractivity contribution in [2.24, 2.45) is 11.8 Å². The highest BCUT2D eigenvalue weighted by molar-refractivity contribution is 5.41. The largest absolute Gasteiger partial charge is 0.456 e. The average molecular weight is 275 g/mol. The summed E-state index contributed by atoms with van der Waals surface area (Å²) >= 11 is 0. The molecule has 2 atom stereocenters. The van der Waals surface area contributed by atoms with E-state index in [0.717, 1.165) is 18.7 Å². The fourth-order valence-electron chi connectivity index (χ4n) is 3.60. The number of hydrogen-bond acceptors (Lipinski definition) is 3. The van der Waals surface area contributed by atoms with Gasteiger partial charge in [-0.2, -0.15) is 0 Å². The Morgan fingerprint density at radius 3 is 2.20 bits per heavy atom. The molecule has 1 aromatic rings. The smallest absolute Gasteiger partial charge is 0.293 e. The van der Waals surface area contributed by atoms with Crippen molar-refractivity contribution in [2.45, 2.75) is 39.3 Å². The Balaban J connectivity index is 2.40. The maximum Gasteiger partial charge on any atom is 0.293 e. The van der Waals surface area contributed by atoms with Gasteiger partial charge in [-0.15, -0.1) is 0 Å². The molecule has 3 heteroatoms. The Kier molecular flexibility index (Phi) is 4.48. The molecule has 0 bridgehead atoms. The van der Waals surface area contributed by atoms with E-state index >= 15 is 0 Å². The SMILES string of the molecule is CC(C)N1CC(C)C(OC=O)(c2ccccc2)C(C)C1. The summed E-state index contributed by atoms with van der Waals surface area (Å²) in [6.45, 7) is 11.3. The standard InChI is InChI=1S/C17H25NO2/c1-13(2)18-10-14(3)17(20-12-19,15(4)11-18)16-8-6-5-7-9-16/h5-9,12-15H,10-11H2,1-4H3. The first-order valence-electron chi connectivity index (χ1n) is 7.43. The lowest BCUT2D eigenvalue weighted by Crippen LogP contribution is -2.57. The summed E-state index contributed by atoms with van der Waals surface area (Å²) in [5.74, 6) is 0.530. The lowest BCUT2D eigenvalue weighted by Gasteiger charge is -2.50. The van der Waals surface area contributed by atoms with E-state index in [9.17, 15) is 4.79 Å². The van der Waals surface area contributed by atoms with Crippen LogP contribution < -0.4 is 0 Å². The van der Waals surface area contributed by atoms with Gasteiger partial charge in [0.15, 0.2) is 0 Å². The Morgan fingerprint density at radius 1 is 1.20 bits per heavy atom. The molecule has 0 aromatic heterocycles. The minimum absolute atomic E-state index is 0.265. The molecule has 0 N–H and O–H groups in total. The van der Waals surface area contributed by atoms with Crippen LogP contribution in [0.3, 0.4) is 0 Å². The van der Waals surface area contributed by atoms with Crippen LogP contribution in [0, 0.1) is 11.8 Å². The minimum atomic E-state index is -0.506. The first-order valence-corrected chi connectivity index (χ1v) is 7.43. The summed E-state index contributed by atoms with van der Waals surface area (Å²) in [5.41, 5.74) is 0.601. The predicted molar refractivity (Wildman–Crippen MR) is 80.3 cm³/mol. The first-order chi connectivity index (χ1) is 9.52. The molecule has 0 spiro atoms. The quantitative estimate of drug-likeness (QED) is 0.791. The van der Waals surface area contributed by atoms with Gasteiger partial charge in [-0.1, -0.05) is 44.2 Å². The molecule has 1 aromatic carbocycles. The third kappa shape index (κ3) is 2.47. The number of rotatable bonds is 4. The topological polar surface area (TPSA) is 29.5 Å². The van der Waals surface area contributed by atoms with Crippen molar-refractivity contribution in [3.8, 4) is 0 Å². The van der Waals surface area contributed by atoms with Crippen LogP contribution in [0.1, 0.15) is 33.3 Å². The van der Waals surface area contributed by atoms with Crippen LogP contribution in [0.4, 0.5) is 0 Å². The molecule has 1 aliphatic rings. The fourth-order valence-corrected chi connectivity index (χ4v) is 3.60. The Morgan fingerprint density at radius 2 is 1.75 bits per heavy atom. The van der Waals surface area contributed by atoms with Gasteiger partial charge in [-0.05, 0) is 19.4 Å². The molecular formula is C17H25NO2. The van der Waals surface area contributed by atoms with Crippen LogP contribution in [-0.4, -0.2) is 30.5 Å². The number of hydrogen-bond donors (Lipinski definition) is 0. The van der Waals surface area contributed by atoms with E-state index in [1.54, 1.807) is 0 Å². The molecule has 0 radical (unpaired) electrons. The van der Waals surface area contributed by atoms with Crippen LogP contribution in [0.25, 0.3) is 0 Å². The van der Waals surface area contributed by atoms with E-state index in [1.807, 2.05) is 18.2 Å². The van der Waals surface area contributed by atoms with Gasteiger partial charge >= 0.3 is 0 Å².